The van der Waals surface area contributed by atoms with Gasteiger partial charge in [-0.1, -0.05) is 18.2 Å². The second-order valence-corrected chi connectivity index (χ2v) is 4.56. The maximum absolute atomic E-state index is 11.4. The highest BCUT2D eigenvalue weighted by Crippen LogP contribution is 2.52. The quantitative estimate of drug-likeness (QED) is 0.623. The van der Waals surface area contributed by atoms with E-state index < -0.39 is 7.60 Å². The second kappa shape index (κ2) is 2.43. The van der Waals surface area contributed by atoms with E-state index in [1.54, 1.807) is 19.1 Å². The van der Waals surface area contributed by atoms with E-state index in [9.17, 15) is 9.46 Å². The molecule has 1 aliphatic rings. The molecule has 0 fully saturated rings. The molecule has 1 unspecified atom stereocenters. The molecule has 0 saturated carbocycles. The molecule has 4 heteroatoms. The fraction of sp³-hybridized carbons (Fsp3) is 0.250. The van der Waals surface area contributed by atoms with Gasteiger partial charge in [0.05, 0.1) is 11.4 Å². The normalized spacial score (nSPS) is 33.3. The smallest absolute Gasteiger partial charge is 0.321 e. The molecule has 0 amide bonds. The largest absolute Gasteiger partial charge is 0.359 e. The van der Waals surface area contributed by atoms with Crippen LogP contribution in [-0.4, -0.2) is 4.89 Å². The fourth-order valence-corrected chi connectivity index (χ4v) is 2.93. The molecule has 0 bridgehead atoms. The van der Waals surface area contributed by atoms with E-state index in [-0.39, 0.29) is 6.10 Å². The van der Waals surface area contributed by atoms with Gasteiger partial charge in [-0.15, -0.1) is 0 Å². The van der Waals surface area contributed by atoms with Gasteiger partial charge in [0.15, 0.2) is 0 Å². The van der Waals surface area contributed by atoms with Crippen LogP contribution in [0.2, 0.25) is 0 Å². The Morgan fingerprint density at radius 2 is 2.17 bits per heavy atom. The topological polar surface area (TPSA) is 46.5 Å². The average molecular weight is 184 g/mol. The first-order chi connectivity index (χ1) is 5.61. The van der Waals surface area contributed by atoms with E-state index in [1.165, 1.54) is 0 Å². The summed E-state index contributed by atoms with van der Waals surface area (Å²) in [5.74, 6) is 0. The van der Waals surface area contributed by atoms with Crippen molar-refractivity contribution in [3.63, 3.8) is 0 Å². The monoisotopic (exact) mass is 184 g/mol. The maximum atomic E-state index is 11.4. The molecule has 0 aromatic heterocycles. The van der Waals surface area contributed by atoms with Crippen molar-refractivity contribution in [1.29, 1.82) is 0 Å². The maximum Gasteiger partial charge on any atom is 0.359 e. The third-order valence-electron chi connectivity index (χ3n) is 1.98. The number of hydrogen-bond acceptors (Lipinski definition) is 2. The van der Waals surface area contributed by atoms with Crippen molar-refractivity contribution in [1.82, 2.24) is 0 Å². The van der Waals surface area contributed by atoms with E-state index in [4.69, 9.17) is 4.52 Å². The highest BCUT2D eigenvalue weighted by atomic mass is 31.2. The van der Waals surface area contributed by atoms with Crippen LogP contribution in [-0.2, 0) is 9.09 Å². The van der Waals surface area contributed by atoms with E-state index >= 15 is 0 Å². The Bertz CT molecular complexity index is 361. The van der Waals surface area contributed by atoms with Crippen LogP contribution in [0.15, 0.2) is 24.3 Å². The lowest BCUT2D eigenvalue weighted by Gasteiger charge is -2.02. The number of fused-ring (bicyclic) bond motifs is 1. The SMILES string of the molecule is C[C@@H]1OP(=O)(O)c2ccccc21. The fourth-order valence-electron chi connectivity index (χ4n) is 1.42. The molecule has 12 heavy (non-hydrogen) atoms. The number of rotatable bonds is 0. The summed E-state index contributed by atoms with van der Waals surface area (Å²) in [6, 6.07) is 7.03. The van der Waals surface area contributed by atoms with E-state index in [1.807, 2.05) is 12.1 Å². The average Bonchev–Trinajstić information content (AvgIpc) is 2.25. The standard InChI is InChI=1S/C8H9O3P/c1-6-7-4-2-3-5-8(7)12(9,10)11-6/h2-6H,1H3,(H,9,10)/t6-/m0/s1. The molecular weight excluding hydrogens is 175 g/mol. The minimum Gasteiger partial charge on any atom is -0.321 e. The lowest BCUT2D eigenvalue weighted by Crippen LogP contribution is -2.01. The Labute approximate surface area is 70.5 Å². The molecular formula is C8H9O3P. The second-order valence-electron chi connectivity index (χ2n) is 2.83. The summed E-state index contributed by atoms with van der Waals surface area (Å²) in [6.45, 7) is 1.77. The van der Waals surface area contributed by atoms with Gasteiger partial charge in [-0.25, -0.2) is 0 Å². The van der Waals surface area contributed by atoms with Gasteiger partial charge in [-0.05, 0) is 18.6 Å². The summed E-state index contributed by atoms with van der Waals surface area (Å²) in [5, 5.41) is 0.442. The van der Waals surface area contributed by atoms with Gasteiger partial charge in [0, 0.05) is 0 Å². The van der Waals surface area contributed by atoms with Crippen LogP contribution in [0.1, 0.15) is 18.6 Å². The zero-order valence-corrected chi connectivity index (χ0v) is 7.49. The molecule has 2 rings (SSSR count). The summed E-state index contributed by atoms with van der Waals surface area (Å²) in [4.78, 5) is 9.35. The zero-order valence-electron chi connectivity index (χ0n) is 6.60. The van der Waals surface area contributed by atoms with Gasteiger partial charge >= 0.3 is 7.60 Å². The van der Waals surface area contributed by atoms with Gasteiger partial charge in [0.1, 0.15) is 0 Å². The van der Waals surface area contributed by atoms with E-state index in [0.717, 1.165) is 5.56 Å². The Morgan fingerprint density at radius 1 is 1.50 bits per heavy atom. The lowest BCUT2D eigenvalue weighted by atomic mass is 10.1. The summed E-state index contributed by atoms with van der Waals surface area (Å²) >= 11 is 0. The molecule has 1 aliphatic heterocycles. The zero-order chi connectivity index (χ0) is 8.77. The molecule has 0 aliphatic carbocycles. The minimum absolute atomic E-state index is 0.267. The van der Waals surface area contributed by atoms with Crippen LogP contribution < -0.4 is 5.30 Å². The Balaban J connectivity index is 2.66. The third-order valence-corrected chi connectivity index (χ3v) is 3.60. The Hall–Kier alpha value is -0.630. The van der Waals surface area contributed by atoms with Crippen LogP contribution in [0.25, 0.3) is 0 Å². The van der Waals surface area contributed by atoms with Gasteiger partial charge < -0.3 is 4.89 Å². The summed E-state index contributed by atoms with van der Waals surface area (Å²) < 4.78 is 16.3. The summed E-state index contributed by atoms with van der Waals surface area (Å²) in [6.07, 6.45) is -0.267. The van der Waals surface area contributed by atoms with Crippen molar-refractivity contribution in [3.8, 4) is 0 Å². The first-order valence-corrected chi connectivity index (χ1v) is 5.30. The molecule has 1 N–H and O–H groups in total. The summed E-state index contributed by atoms with van der Waals surface area (Å²) in [5.41, 5.74) is 0.823. The molecule has 3 nitrogen and oxygen atoms in total. The molecule has 0 saturated heterocycles. The van der Waals surface area contributed by atoms with Crippen molar-refractivity contribution < 1.29 is 14.0 Å². The van der Waals surface area contributed by atoms with Crippen LogP contribution >= 0.6 is 7.60 Å². The highest BCUT2D eigenvalue weighted by molar-refractivity contribution is 7.61. The Morgan fingerprint density at radius 3 is 2.83 bits per heavy atom. The molecule has 1 aromatic rings. The molecule has 1 aromatic carbocycles. The van der Waals surface area contributed by atoms with Crippen molar-refractivity contribution >= 4 is 12.9 Å². The number of hydrogen-bond donors (Lipinski definition) is 1. The lowest BCUT2D eigenvalue weighted by molar-refractivity contribution is 0.213. The van der Waals surface area contributed by atoms with E-state index in [2.05, 4.69) is 0 Å². The highest BCUT2D eigenvalue weighted by Gasteiger charge is 2.36. The van der Waals surface area contributed by atoms with Gasteiger partial charge in [0.2, 0.25) is 0 Å². The van der Waals surface area contributed by atoms with Crippen molar-refractivity contribution in [3.05, 3.63) is 29.8 Å². The predicted molar refractivity (Wildman–Crippen MR) is 45.4 cm³/mol. The van der Waals surface area contributed by atoms with Gasteiger partial charge in [-0.2, -0.15) is 0 Å². The molecule has 1 heterocycles. The molecule has 64 valence electrons. The Kier molecular flexibility index (Phi) is 1.62. The molecule has 0 radical (unpaired) electrons. The number of benzene rings is 1. The molecule has 2 atom stereocenters. The van der Waals surface area contributed by atoms with Gasteiger partial charge in [0.25, 0.3) is 0 Å². The van der Waals surface area contributed by atoms with Crippen LogP contribution in [0, 0.1) is 0 Å². The van der Waals surface area contributed by atoms with Crippen LogP contribution in [0.3, 0.4) is 0 Å². The van der Waals surface area contributed by atoms with Crippen molar-refractivity contribution in [2.45, 2.75) is 13.0 Å². The first-order valence-electron chi connectivity index (χ1n) is 3.72. The first kappa shape index (κ1) is 7.99. The summed E-state index contributed by atoms with van der Waals surface area (Å²) in [7, 11) is -3.49. The van der Waals surface area contributed by atoms with Crippen LogP contribution in [0.4, 0.5) is 0 Å². The third kappa shape index (κ3) is 1.02. The van der Waals surface area contributed by atoms with Crippen molar-refractivity contribution in [2.75, 3.05) is 0 Å². The minimum atomic E-state index is -3.49. The van der Waals surface area contributed by atoms with E-state index in [0.29, 0.717) is 5.30 Å². The van der Waals surface area contributed by atoms with Crippen LogP contribution in [0.5, 0.6) is 0 Å². The predicted octanol–water partition coefficient (Wildman–Crippen LogP) is 1.59. The van der Waals surface area contributed by atoms with Crippen molar-refractivity contribution in [2.24, 2.45) is 0 Å². The van der Waals surface area contributed by atoms with Gasteiger partial charge in [-0.3, -0.25) is 9.09 Å². The molecule has 0 spiro atoms.